The number of rotatable bonds is 3. The summed E-state index contributed by atoms with van der Waals surface area (Å²) < 4.78 is 26.4. The Bertz CT molecular complexity index is 529. The van der Waals surface area contributed by atoms with Crippen LogP contribution in [0.5, 0.6) is 0 Å². The number of hydrogen-bond acceptors (Lipinski definition) is 3. The molecule has 0 unspecified atom stereocenters. The fourth-order valence-corrected chi connectivity index (χ4v) is 1.51. The maximum absolute atomic E-state index is 13.6. The van der Waals surface area contributed by atoms with Gasteiger partial charge in [-0.2, -0.15) is 0 Å². The van der Waals surface area contributed by atoms with Gasteiger partial charge >= 0.3 is 0 Å². The standard InChI is InChI=1S/C12H11F2N3/c1-2-15-12-11(16-5-6-17-12)9-4-3-8(13)7-10(9)14/h3-7H,2H2,1H3,(H,15,17). The molecule has 3 nitrogen and oxygen atoms in total. The Balaban J connectivity index is 2.52. The zero-order chi connectivity index (χ0) is 12.3. The number of aromatic nitrogens is 2. The average Bonchev–Trinajstić information content (AvgIpc) is 2.31. The summed E-state index contributed by atoms with van der Waals surface area (Å²) in [6.07, 6.45) is 2.99. The molecule has 0 aliphatic carbocycles. The number of nitrogens with one attached hydrogen (secondary N) is 1. The minimum atomic E-state index is -0.648. The Labute approximate surface area is 97.5 Å². The van der Waals surface area contributed by atoms with Crippen LogP contribution in [0.15, 0.2) is 30.6 Å². The monoisotopic (exact) mass is 235 g/mol. The summed E-state index contributed by atoms with van der Waals surface area (Å²) in [5, 5.41) is 2.98. The third-order valence-electron chi connectivity index (χ3n) is 2.23. The molecular weight excluding hydrogens is 224 g/mol. The normalized spacial score (nSPS) is 10.3. The van der Waals surface area contributed by atoms with Crippen molar-refractivity contribution < 1.29 is 8.78 Å². The largest absolute Gasteiger partial charge is 0.369 e. The molecule has 0 atom stereocenters. The molecule has 0 amide bonds. The van der Waals surface area contributed by atoms with E-state index >= 15 is 0 Å². The molecule has 1 heterocycles. The van der Waals surface area contributed by atoms with Gasteiger partial charge in [-0.05, 0) is 19.1 Å². The molecule has 0 saturated carbocycles. The lowest BCUT2D eigenvalue weighted by molar-refractivity contribution is 0.585. The Morgan fingerprint density at radius 1 is 1.18 bits per heavy atom. The Hall–Kier alpha value is -2.04. The third-order valence-corrected chi connectivity index (χ3v) is 2.23. The molecule has 5 heteroatoms. The zero-order valence-electron chi connectivity index (χ0n) is 9.24. The van der Waals surface area contributed by atoms with Crippen molar-refractivity contribution in [3.63, 3.8) is 0 Å². The highest BCUT2D eigenvalue weighted by molar-refractivity contribution is 5.71. The molecular formula is C12H11F2N3. The van der Waals surface area contributed by atoms with E-state index in [1.165, 1.54) is 24.5 Å². The zero-order valence-corrected chi connectivity index (χ0v) is 9.24. The summed E-state index contributed by atoms with van der Waals surface area (Å²) in [6, 6.07) is 3.39. The molecule has 0 saturated heterocycles. The van der Waals surface area contributed by atoms with Gasteiger partial charge in [0.25, 0.3) is 0 Å². The van der Waals surface area contributed by atoms with E-state index < -0.39 is 11.6 Å². The first-order valence-electron chi connectivity index (χ1n) is 5.22. The van der Waals surface area contributed by atoms with Gasteiger partial charge < -0.3 is 5.32 Å². The molecule has 0 spiro atoms. The van der Waals surface area contributed by atoms with Crippen LogP contribution in [0.2, 0.25) is 0 Å². The van der Waals surface area contributed by atoms with Gasteiger partial charge in [-0.15, -0.1) is 0 Å². The molecule has 0 radical (unpaired) electrons. The minimum absolute atomic E-state index is 0.232. The molecule has 0 aliphatic rings. The van der Waals surface area contributed by atoms with Crippen LogP contribution in [-0.2, 0) is 0 Å². The SMILES string of the molecule is CCNc1nccnc1-c1ccc(F)cc1F. The van der Waals surface area contributed by atoms with Crippen molar-refractivity contribution in [3.8, 4) is 11.3 Å². The summed E-state index contributed by atoms with van der Waals surface area (Å²) in [7, 11) is 0. The Morgan fingerprint density at radius 2 is 1.94 bits per heavy atom. The maximum atomic E-state index is 13.6. The quantitative estimate of drug-likeness (QED) is 0.888. The molecule has 0 fully saturated rings. The van der Waals surface area contributed by atoms with Gasteiger partial charge in [0.05, 0.1) is 0 Å². The summed E-state index contributed by atoms with van der Waals surface area (Å²) in [5.41, 5.74) is 0.613. The second-order valence-corrected chi connectivity index (χ2v) is 3.41. The summed E-state index contributed by atoms with van der Waals surface area (Å²) in [4.78, 5) is 8.14. The van der Waals surface area contributed by atoms with Gasteiger partial charge in [0.2, 0.25) is 0 Å². The highest BCUT2D eigenvalue weighted by Crippen LogP contribution is 2.26. The number of anilines is 1. The number of hydrogen-bond donors (Lipinski definition) is 1. The molecule has 1 aromatic carbocycles. The average molecular weight is 235 g/mol. The van der Waals surface area contributed by atoms with E-state index in [2.05, 4.69) is 15.3 Å². The maximum Gasteiger partial charge on any atom is 0.152 e. The lowest BCUT2D eigenvalue weighted by Crippen LogP contribution is -2.03. The van der Waals surface area contributed by atoms with E-state index in [9.17, 15) is 8.78 Å². The first kappa shape index (κ1) is 11.4. The number of halogens is 2. The molecule has 88 valence electrons. The highest BCUT2D eigenvalue weighted by atomic mass is 19.1. The second kappa shape index (κ2) is 4.86. The first-order valence-corrected chi connectivity index (χ1v) is 5.22. The molecule has 0 aliphatic heterocycles. The van der Waals surface area contributed by atoms with Crippen molar-refractivity contribution in [3.05, 3.63) is 42.2 Å². The van der Waals surface area contributed by atoms with E-state index in [1.807, 2.05) is 6.92 Å². The molecule has 0 bridgehead atoms. The molecule has 17 heavy (non-hydrogen) atoms. The van der Waals surface area contributed by atoms with Gasteiger partial charge in [-0.25, -0.2) is 13.8 Å². The molecule has 2 rings (SSSR count). The predicted molar refractivity (Wildman–Crippen MR) is 61.5 cm³/mol. The van der Waals surface area contributed by atoms with Crippen LogP contribution >= 0.6 is 0 Å². The summed E-state index contributed by atoms with van der Waals surface area (Å²) in [6.45, 7) is 2.55. The lowest BCUT2D eigenvalue weighted by atomic mass is 10.1. The molecule has 1 N–H and O–H groups in total. The molecule has 1 aromatic heterocycles. The van der Waals surface area contributed by atoms with Crippen LogP contribution in [0.25, 0.3) is 11.3 Å². The van der Waals surface area contributed by atoms with Gasteiger partial charge in [-0.1, -0.05) is 0 Å². The van der Waals surface area contributed by atoms with E-state index in [4.69, 9.17) is 0 Å². The first-order chi connectivity index (χ1) is 8.22. The van der Waals surface area contributed by atoms with Gasteiger partial charge in [0, 0.05) is 30.6 Å². The molecule has 2 aromatic rings. The summed E-state index contributed by atoms with van der Waals surface area (Å²) >= 11 is 0. The number of nitrogens with zero attached hydrogens (tertiary/aromatic N) is 2. The van der Waals surface area contributed by atoms with Crippen molar-refractivity contribution in [2.24, 2.45) is 0 Å². The van der Waals surface area contributed by atoms with Crippen molar-refractivity contribution in [2.45, 2.75) is 6.92 Å². The fraction of sp³-hybridized carbons (Fsp3) is 0.167. The third kappa shape index (κ3) is 2.38. The van der Waals surface area contributed by atoms with E-state index in [0.717, 1.165) is 6.07 Å². The Kier molecular flexibility index (Phi) is 3.27. The topological polar surface area (TPSA) is 37.8 Å². The second-order valence-electron chi connectivity index (χ2n) is 3.41. The predicted octanol–water partition coefficient (Wildman–Crippen LogP) is 2.85. The minimum Gasteiger partial charge on any atom is -0.369 e. The van der Waals surface area contributed by atoms with Crippen molar-refractivity contribution in [1.82, 2.24) is 9.97 Å². The van der Waals surface area contributed by atoms with Gasteiger partial charge in [0.15, 0.2) is 5.82 Å². The van der Waals surface area contributed by atoms with Gasteiger partial charge in [0.1, 0.15) is 17.3 Å². The highest BCUT2D eigenvalue weighted by Gasteiger charge is 2.12. The van der Waals surface area contributed by atoms with E-state index in [1.54, 1.807) is 0 Å². The van der Waals surface area contributed by atoms with E-state index in [0.29, 0.717) is 18.1 Å². The van der Waals surface area contributed by atoms with Crippen LogP contribution in [0.3, 0.4) is 0 Å². The van der Waals surface area contributed by atoms with Crippen LogP contribution in [-0.4, -0.2) is 16.5 Å². The summed E-state index contributed by atoms with van der Waals surface area (Å²) in [5.74, 6) is -0.773. The lowest BCUT2D eigenvalue weighted by Gasteiger charge is -2.08. The fourth-order valence-electron chi connectivity index (χ4n) is 1.51. The van der Waals surface area contributed by atoms with Crippen LogP contribution in [0.4, 0.5) is 14.6 Å². The van der Waals surface area contributed by atoms with E-state index in [-0.39, 0.29) is 5.56 Å². The smallest absolute Gasteiger partial charge is 0.152 e. The van der Waals surface area contributed by atoms with Crippen molar-refractivity contribution in [2.75, 3.05) is 11.9 Å². The van der Waals surface area contributed by atoms with Crippen LogP contribution < -0.4 is 5.32 Å². The number of benzene rings is 1. The Morgan fingerprint density at radius 3 is 2.65 bits per heavy atom. The van der Waals surface area contributed by atoms with Crippen molar-refractivity contribution in [1.29, 1.82) is 0 Å². The van der Waals surface area contributed by atoms with Gasteiger partial charge in [-0.3, -0.25) is 4.98 Å². The van der Waals surface area contributed by atoms with Crippen LogP contribution in [0, 0.1) is 11.6 Å². The van der Waals surface area contributed by atoms with Crippen molar-refractivity contribution >= 4 is 5.82 Å². The van der Waals surface area contributed by atoms with Crippen LogP contribution in [0.1, 0.15) is 6.92 Å².